The molecule has 0 aliphatic rings. The topological polar surface area (TPSA) is 84.3 Å². The molecule has 1 aromatic rings. The van der Waals surface area contributed by atoms with Gasteiger partial charge in [0.1, 0.15) is 5.69 Å². The number of nitrogens with one attached hydrogen (secondary N) is 2. The summed E-state index contributed by atoms with van der Waals surface area (Å²) in [4.78, 5) is 22.1. The molecule has 1 rings (SSSR count). The summed E-state index contributed by atoms with van der Waals surface area (Å²) in [6, 6.07) is 4.45. The summed E-state index contributed by atoms with van der Waals surface area (Å²) in [5, 5.41) is 16.6. The predicted molar refractivity (Wildman–Crippen MR) is 79.0 cm³/mol. The lowest BCUT2D eigenvalue weighted by molar-refractivity contribution is -0.384. The Labute approximate surface area is 118 Å². The van der Waals surface area contributed by atoms with Crippen LogP contribution in [0.15, 0.2) is 18.2 Å². The molecule has 0 saturated carbocycles. The average molecular weight is 279 g/mol. The number of carbonyl (C=O) groups excluding carboxylic acids is 1. The Bertz CT molecular complexity index is 500. The van der Waals surface area contributed by atoms with Gasteiger partial charge in [0.25, 0.3) is 11.6 Å². The monoisotopic (exact) mass is 279 g/mol. The molecule has 110 valence electrons. The smallest absolute Gasteiger partial charge is 0.293 e. The van der Waals surface area contributed by atoms with Crippen molar-refractivity contribution in [1.29, 1.82) is 0 Å². The van der Waals surface area contributed by atoms with Gasteiger partial charge < -0.3 is 10.6 Å². The maximum absolute atomic E-state index is 11.5. The number of rotatable bonds is 6. The Morgan fingerprint density at radius 1 is 1.35 bits per heavy atom. The third-order valence-corrected chi connectivity index (χ3v) is 3.44. The van der Waals surface area contributed by atoms with Gasteiger partial charge in [-0.15, -0.1) is 0 Å². The van der Waals surface area contributed by atoms with Crippen LogP contribution in [0.5, 0.6) is 0 Å². The van der Waals surface area contributed by atoms with Crippen molar-refractivity contribution in [2.45, 2.75) is 20.8 Å². The highest BCUT2D eigenvalue weighted by Crippen LogP contribution is 2.26. The van der Waals surface area contributed by atoms with Gasteiger partial charge in [-0.05, 0) is 24.0 Å². The van der Waals surface area contributed by atoms with Crippen LogP contribution in [0.4, 0.5) is 11.4 Å². The van der Waals surface area contributed by atoms with Crippen molar-refractivity contribution in [3.05, 3.63) is 33.9 Å². The first-order valence-corrected chi connectivity index (χ1v) is 6.61. The van der Waals surface area contributed by atoms with Gasteiger partial charge in [0.2, 0.25) is 0 Å². The first kappa shape index (κ1) is 15.9. The zero-order valence-corrected chi connectivity index (χ0v) is 12.3. The fourth-order valence-corrected chi connectivity index (χ4v) is 1.62. The molecule has 0 aliphatic heterocycles. The highest BCUT2D eigenvalue weighted by molar-refractivity contribution is 5.95. The van der Waals surface area contributed by atoms with E-state index in [1.165, 1.54) is 13.1 Å². The Balaban J connectivity index is 2.96. The summed E-state index contributed by atoms with van der Waals surface area (Å²) in [5.41, 5.74) is 0.638. The van der Waals surface area contributed by atoms with Crippen molar-refractivity contribution in [2.24, 2.45) is 11.8 Å². The molecule has 2 N–H and O–H groups in total. The van der Waals surface area contributed by atoms with Gasteiger partial charge in [0.05, 0.1) is 4.92 Å². The molecule has 0 fully saturated rings. The molecule has 6 heteroatoms. The maximum Gasteiger partial charge on any atom is 0.293 e. The van der Waals surface area contributed by atoms with Gasteiger partial charge in [-0.25, -0.2) is 0 Å². The van der Waals surface area contributed by atoms with Gasteiger partial charge in [-0.3, -0.25) is 14.9 Å². The molecule has 0 aromatic heterocycles. The van der Waals surface area contributed by atoms with Crippen LogP contribution in [0.3, 0.4) is 0 Å². The van der Waals surface area contributed by atoms with E-state index in [9.17, 15) is 14.9 Å². The summed E-state index contributed by atoms with van der Waals surface area (Å²) in [5.74, 6) is 0.551. The number of nitro benzene ring substituents is 1. The summed E-state index contributed by atoms with van der Waals surface area (Å²) in [6.07, 6.45) is 0. The van der Waals surface area contributed by atoms with E-state index in [0.717, 1.165) is 0 Å². The number of carbonyl (C=O) groups is 1. The molecule has 6 nitrogen and oxygen atoms in total. The SMILES string of the molecule is CNC(=O)c1ccc(NCC(C)C(C)C)c([N+](=O)[O-])c1. The first-order valence-electron chi connectivity index (χ1n) is 6.61. The fourth-order valence-electron chi connectivity index (χ4n) is 1.62. The van der Waals surface area contributed by atoms with E-state index in [-0.39, 0.29) is 17.2 Å². The van der Waals surface area contributed by atoms with Crippen molar-refractivity contribution < 1.29 is 9.72 Å². The number of benzene rings is 1. The number of nitro groups is 1. The minimum absolute atomic E-state index is 0.0814. The number of amides is 1. The van der Waals surface area contributed by atoms with E-state index in [0.29, 0.717) is 24.1 Å². The highest BCUT2D eigenvalue weighted by Gasteiger charge is 2.18. The molecule has 0 saturated heterocycles. The largest absolute Gasteiger partial charge is 0.379 e. The number of hydrogen-bond acceptors (Lipinski definition) is 4. The van der Waals surface area contributed by atoms with Gasteiger partial charge in [-0.2, -0.15) is 0 Å². The molecule has 1 unspecified atom stereocenters. The molecular formula is C14H21N3O3. The lowest BCUT2D eigenvalue weighted by Crippen LogP contribution is -2.19. The van der Waals surface area contributed by atoms with Crippen LogP contribution < -0.4 is 10.6 Å². The van der Waals surface area contributed by atoms with Crippen molar-refractivity contribution in [2.75, 3.05) is 18.9 Å². The van der Waals surface area contributed by atoms with Crippen molar-refractivity contribution in [3.63, 3.8) is 0 Å². The van der Waals surface area contributed by atoms with Crippen LogP contribution in [0, 0.1) is 22.0 Å². The fraction of sp³-hybridized carbons (Fsp3) is 0.500. The van der Waals surface area contributed by atoms with Crippen LogP contribution in [0.25, 0.3) is 0 Å². The Hall–Kier alpha value is -2.11. The third kappa shape index (κ3) is 3.94. The summed E-state index contributed by atoms with van der Waals surface area (Å²) in [6.45, 7) is 6.95. The number of anilines is 1. The second kappa shape index (κ2) is 6.88. The molecular weight excluding hydrogens is 258 g/mol. The van der Waals surface area contributed by atoms with E-state index in [1.54, 1.807) is 12.1 Å². The standard InChI is InChI=1S/C14H21N3O3/c1-9(2)10(3)8-16-12-6-5-11(14(18)15-4)7-13(12)17(19)20/h5-7,9-10,16H,8H2,1-4H3,(H,15,18). The quantitative estimate of drug-likeness (QED) is 0.619. The van der Waals surface area contributed by atoms with E-state index in [4.69, 9.17) is 0 Å². The maximum atomic E-state index is 11.5. The predicted octanol–water partition coefficient (Wildman–Crippen LogP) is 2.66. The van der Waals surface area contributed by atoms with Crippen molar-refractivity contribution >= 4 is 17.3 Å². The van der Waals surface area contributed by atoms with Crippen LogP contribution in [0.2, 0.25) is 0 Å². The van der Waals surface area contributed by atoms with Crippen LogP contribution >= 0.6 is 0 Å². The molecule has 0 aliphatic carbocycles. The zero-order valence-electron chi connectivity index (χ0n) is 12.3. The summed E-state index contributed by atoms with van der Waals surface area (Å²) in [7, 11) is 1.49. The number of hydrogen-bond donors (Lipinski definition) is 2. The van der Waals surface area contributed by atoms with Gasteiger partial charge >= 0.3 is 0 Å². The van der Waals surface area contributed by atoms with E-state index >= 15 is 0 Å². The molecule has 1 atom stereocenters. The zero-order chi connectivity index (χ0) is 15.3. The molecule has 1 aromatic carbocycles. The van der Waals surface area contributed by atoms with Crippen LogP contribution in [-0.2, 0) is 0 Å². The van der Waals surface area contributed by atoms with Gasteiger partial charge in [0, 0.05) is 25.2 Å². The van der Waals surface area contributed by atoms with E-state index in [1.807, 2.05) is 0 Å². The Kier molecular flexibility index (Phi) is 5.49. The van der Waals surface area contributed by atoms with E-state index < -0.39 is 4.92 Å². The lowest BCUT2D eigenvalue weighted by atomic mass is 9.98. The second-order valence-corrected chi connectivity index (χ2v) is 5.17. The first-order chi connectivity index (χ1) is 9.36. The molecule has 0 radical (unpaired) electrons. The summed E-state index contributed by atoms with van der Waals surface area (Å²) >= 11 is 0. The van der Waals surface area contributed by atoms with Crippen molar-refractivity contribution in [1.82, 2.24) is 5.32 Å². The normalized spacial score (nSPS) is 12.1. The highest BCUT2D eigenvalue weighted by atomic mass is 16.6. The molecule has 20 heavy (non-hydrogen) atoms. The minimum Gasteiger partial charge on any atom is -0.379 e. The molecule has 0 bridgehead atoms. The Morgan fingerprint density at radius 2 is 2.00 bits per heavy atom. The van der Waals surface area contributed by atoms with Crippen LogP contribution in [0.1, 0.15) is 31.1 Å². The van der Waals surface area contributed by atoms with Crippen molar-refractivity contribution in [3.8, 4) is 0 Å². The molecule has 1 amide bonds. The minimum atomic E-state index is -0.477. The van der Waals surface area contributed by atoms with E-state index in [2.05, 4.69) is 31.4 Å². The van der Waals surface area contributed by atoms with Crippen LogP contribution in [-0.4, -0.2) is 24.4 Å². The second-order valence-electron chi connectivity index (χ2n) is 5.17. The summed E-state index contributed by atoms with van der Waals surface area (Å²) < 4.78 is 0. The molecule has 0 spiro atoms. The molecule has 0 heterocycles. The average Bonchev–Trinajstić information content (AvgIpc) is 2.43. The number of nitrogens with zero attached hydrogens (tertiary/aromatic N) is 1. The third-order valence-electron chi connectivity index (χ3n) is 3.44. The van der Waals surface area contributed by atoms with Gasteiger partial charge in [0.15, 0.2) is 0 Å². The van der Waals surface area contributed by atoms with Gasteiger partial charge in [-0.1, -0.05) is 20.8 Å². The lowest BCUT2D eigenvalue weighted by Gasteiger charge is -2.17. The Morgan fingerprint density at radius 3 is 2.50 bits per heavy atom.